The Morgan fingerprint density at radius 3 is 2.10 bits per heavy atom. The van der Waals surface area contributed by atoms with Gasteiger partial charge in [0.1, 0.15) is 0 Å². The molecule has 2 heterocycles. The Balaban J connectivity index is 0.000000200. The van der Waals surface area contributed by atoms with Gasteiger partial charge in [-0.1, -0.05) is 23.2 Å². The van der Waals surface area contributed by atoms with Gasteiger partial charge in [-0.3, -0.25) is 0 Å². The lowest BCUT2D eigenvalue weighted by Crippen LogP contribution is -2.10. The minimum absolute atomic E-state index is 0.372. The van der Waals surface area contributed by atoms with Crippen molar-refractivity contribution in [2.24, 2.45) is 11.7 Å². The van der Waals surface area contributed by atoms with Crippen LogP contribution in [-0.2, 0) is 0 Å². The molecule has 0 atom stereocenters. The number of hydrazine groups is 2. The molecule has 0 aliphatic carbocycles. The maximum Gasteiger partial charge on any atom is 0.165 e. The summed E-state index contributed by atoms with van der Waals surface area (Å²) in [6.07, 6.45) is 0. The average Bonchev–Trinajstić information content (AvgIpc) is 2.43. The van der Waals surface area contributed by atoms with E-state index in [1.54, 1.807) is 12.1 Å². The van der Waals surface area contributed by atoms with Crippen LogP contribution in [0, 0.1) is 13.8 Å². The van der Waals surface area contributed by atoms with Gasteiger partial charge in [0.25, 0.3) is 0 Å². The average molecular weight is 317 g/mol. The first-order valence-corrected chi connectivity index (χ1v) is 6.16. The van der Waals surface area contributed by atoms with Crippen LogP contribution in [0.4, 0.5) is 11.6 Å². The minimum Gasteiger partial charge on any atom is -0.307 e. The summed E-state index contributed by atoms with van der Waals surface area (Å²) in [7, 11) is 0. The number of aromatic nitrogens is 4. The zero-order valence-corrected chi connectivity index (χ0v) is 12.4. The summed E-state index contributed by atoms with van der Waals surface area (Å²) in [5.41, 5.74) is 6.48. The van der Waals surface area contributed by atoms with Crippen LogP contribution in [-0.4, -0.2) is 20.4 Å². The number of hydrogen-bond donors (Lipinski definition) is 4. The van der Waals surface area contributed by atoms with Crippen LogP contribution in [0.1, 0.15) is 11.1 Å². The van der Waals surface area contributed by atoms with Gasteiger partial charge in [-0.2, -0.15) is 0 Å². The molecule has 0 aliphatic rings. The van der Waals surface area contributed by atoms with Crippen molar-refractivity contribution in [3.63, 3.8) is 0 Å². The van der Waals surface area contributed by atoms with Crippen LogP contribution in [0.25, 0.3) is 0 Å². The van der Waals surface area contributed by atoms with E-state index in [0.29, 0.717) is 21.9 Å². The molecule has 108 valence electrons. The molecular weight excluding hydrogens is 303 g/mol. The molecule has 2 aromatic rings. The van der Waals surface area contributed by atoms with Crippen molar-refractivity contribution in [1.29, 1.82) is 0 Å². The van der Waals surface area contributed by atoms with Crippen molar-refractivity contribution in [2.45, 2.75) is 13.8 Å². The molecule has 0 radical (unpaired) electrons. The Labute approximate surface area is 125 Å². The first kappa shape index (κ1) is 16.3. The van der Waals surface area contributed by atoms with Crippen LogP contribution in [0.5, 0.6) is 0 Å². The molecule has 2 aromatic heterocycles. The minimum atomic E-state index is 0.372. The van der Waals surface area contributed by atoms with Gasteiger partial charge < -0.3 is 10.9 Å². The van der Waals surface area contributed by atoms with Crippen LogP contribution in [0.2, 0.25) is 10.3 Å². The van der Waals surface area contributed by atoms with Crippen molar-refractivity contribution in [3.05, 3.63) is 33.6 Å². The van der Waals surface area contributed by atoms with Crippen LogP contribution in [0.3, 0.4) is 0 Å². The zero-order valence-electron chi connectivity index (χ0n) is 10.9. The van der Waals surface area contributed by atoms with Crippen LogP contribution >= 0.6 is 23.2 Å². The van der Waals surface area contributed by atoms with Crippen LogP contribution < -0.4 is 22.5 Å². The summed E-state index contributed by atoms with van der Waals surface area (Å²) in [5.74, 6) is 11.2. The maximum atomic E-state index is 5.60. The maximum absolute atomic E-state index is 5.60. The van der Waals surface area contributed by atoms with E-state index in [9.17, 15) is 0 Å². The van der Waals surface area contributed by atoms with E-state index in [0.717, 1.165) is 11.1 Å². The first-order valence-electron chi connectivity index (χ1n) is 5.40. The van der Waals surface area contributed by atoms with E-state index in [4.69, 9.17) is 34.9 Å². The Kier molecular flexibility index (Phi) is 6.32. The number of anilines is 2. The predicted molar refractivity (Wildman–Crippen MR) is 79.2 cm³/mol. The Bertz CT molecular complexity index is 577. The highest BCUT2D eigenvalue weighted by molar-refractivity contribution is 6.30. The van der Waals surface area contributed by atoms with Gasteiger partial charge in [0.05, 0.1) is 0 Å². The largest absolute Gasteiger partial charge is 0.307 e. The zero-order chi connectivity index (χ0) is 15.1. The molecule has 0 aromatic carbocycles. The molecule has 0 aliphatic heterocycles. The second-order valence-electron chi connectivity index (χ2n) is 3.69. The molecule has 0 amide bonds. The van der Waals surface area contributed by atoms with Gasteiger partial charge >= 0.3 is 0 Å². The van der Waals surface area contributed by atoms with Gasteiger partial charge in [-0.15, -0.1) is 20.4 Å². The fourth-order valence-electron chi connectivity index (χ4n) is 1.14. The number of nitrogens with one attached hydrogen (secondary N) is 2. The molecule has 0 saturated heterocycles. The van der Waals surface area contributed by atoms with Crippen molar-refractivity contribution in [3.8, 4) is 0 Å². The SMILES string of the molecule is Cc1cc(Cl)nnc1NN.Cc1cc(NN)nnc1Cl. The van der Waals surface area contributed by atoms with E-state index in [-0.39, 0.29) is 0 Å². The monoisotopic (exact) mass is 316 g/mol. The lowest BCUT2D eigenvalue weighted by molar-refractivity contribution is 1.01. The molecule has 20 heavy (non-hydrogen) atoms. The molecular formula is C10H14Cl2N8. The summed E-state index contributed by atoms with van der Waals surface area (Å²) in [6, 6.07) is 3.40. The fraction of sp³-hybridized carbons (Fsp3) is 0.200. The molecule has 0 fully saturated rings. The highest BCUT2D eigenvalue weighted by Gasteiger charge is 1.98. The number of nitrogen functional groups attached to an aromatic ring is 2. The lowest BCUT2D eigenvalue weighted by atomic mass is 10.3. The molecule has 0 unspecified atom stereocenters. The molecule has 2 rings (SSSR count). The smallest absolute Gasteiger partial charge is 0.165 e. The number of rotatable bonds is 2. The third kappa shape index (κ3) is 4.74. The highest BCUT2D eigenvalue weighted by Crippen LogP contribution is 2.12. The van der Waals surface area contributed by atoms with Crippen molar-refractivity contribution < 1.29 is 0 Å². The summed E-state index contributed by atoms with van der Waals surface area (Å²) in [4.78, 5) is 0. The molecule has 10 heteroatoms. The van der Waals surface area contributed by atoms with Gasteiger partial charge in [0.15, 0.2) is 21.9 Å². The van der Waals surface area contributed by atoms with Gasteiger partial charge in [0.2, 0.25) is 0 Å². The standard InChI is InChI=1S/2C5H7ClN4/c1-3-2-4(8-7)9-10-5(3)6;1-3-2-4(6)9-10-5(3)8-7/h2H,7H2,1H3,(H,8,9);2H,7H2,1H3,(H,8,10). The number of nitrogens with zero attached hydrogens (tertiary/aromatic N) is 4. The fourth-order valence-corrected chi connectivity index (χ4v) is 1.43. The van der Waals surface area contributed by atoms with Crippen molar-refractivity contribution in [1.82, 2.24) is 20.4 Å². The highest BCUT2D eigenvalue weighted by atomic mass is 35.5. The normalized spacial score (nSPS) is 9.50. The summed E-state index contributed by atoms with van der Waals surface area (Å²) < 4.78 is 0. The predicted octanol–water partition coefficient (Wildman–Crippen LogP) is 1.45. The molecule has 6 N–H and O–H groups in total. The summed E-state index contributed by atoms with van der Waals surface area (Å²) in [6.45, 7) is 3.67. The van der Waals surface area contributed by atoms with Crippen molar-refractivity contribution in [2.75, 3.05) is 10.9 Å². The first-order chi connectivity index (χ1) is 9.47. The third-order valence-electron chi connectivity index (χ3n) is 2.16. The van der Waals surface area contributed by atoms with E-state index >= 15 is 0 Å². The second kappa shape index (κ2) is 7.75. The Morgan fingerprint density at radius 1 is 0.900 bits per heavy atom. The number of nitrogens with two attached hydrogens (primary N) is 2. The van der Waals surface area contributed by atoms with Gasteiger partial charge in [-0.05, 0) is 37.1 Å². The number of halogens is 2. The van der Waals surface area contributed by atoms with Gasteiger partial charge in [0, 0.05) is 0 Å². The summed E-state index contributed by atoms with van der Waals surface area (Å²) >= 11 is 11.1. The number of aryl methyl sites for hydroxylation is 2. The third-order valence-corrected chi connectivity index (χ3v) is 2.72. The molecule has 0 saturated carbocycles. The Hall–Kier alpha value is -1.74. The molecule has 8 nitrogen and oxygen atoms in total. The van der Waals surface area contributed by atoms with Crippen LogP contribution in [0.15, 0.2) is 12.1 Å². The summed E-state index contributed by atoms with van der Waals surface area (Å²) in [5, 5.41) is 15.3. The topological polar surface area (TPSA) is 128 Å². The second-order valence-corrected chi connectivity index (χ2v) is 4.44. The van der Waals surface area contributed by atoms with E-state index in [1.807, 2.05) is 13.8 Å². The van der Waals surface area contributed by atoms with E-state index < -0.39 is 0 Å². The number of hydrogen-bond acceptors (Lipinski definition) is 8. The van der Waals surface area contributed by atoms with Crippen molar-refractivity contribution >= 4 is 34.8 Å². The molecule has 0 spiro atoms. The van der Waals surface area contributed by atoms with Gasteiger partial charge in [-0.25, -0.2) is 11.7 Å². The van der Waals surface area contributed by atoms with E-state index in [1.165, 1.54) is 0 Å². The molecule has 0 bridgehead atoms. The lowest BCUT2D eigenvalue weighted by Gasteiger charge is -2.00. The quantitative estimate of drug-likeness (QED) is 0.484. The van der Waals surface area contributed by atoms with E-state index in [2.05, 4.69) is 31.2 Å². The Morgan fingerprint density at radius 2 is 1.60 bits per heavy atom.